The van der Waals surface area contributed by atoms with E-state index in [1.165, 1.54) is 6.07 Å². The molecule has 0 bridgehead atoms. The molecule has 1 heterocycles. The average Bonchev–Trinajstić information content (AvgIpc) is 2.34. The molecule has 0 amide bonds. The van der Waals surface area contributed by atoms with Crippen LogP contribution in [0.1, 0.15) is 32.3 Å². The number of hydrogen-bond donors (Lipinski definition) is 0. The van der Waals surface area contributed by atoms with Gasteiger partial charge in [0.05, 0.1) is 0 Å². The molecule has 0 aliphatic carbocycles. The maximum atomic E-state index is 13.7. The lowest BCUT2D eigenvalue weighted by Gasteiger charge is -2.33. The summed E-state index contributed by atoms with van der Waals surface area (Å²) < 4.78 is 19.5. The zero-order valence-corrected chi connectivity index (χ0v) is 12.2. The first-order chi connectivity index (χ1) is 9.04. The maximum absolute atomic E-state index is 13.7. The highest BCUT2D eigenvalue weighted by Gasteiger charge is 2.21. The van der Waals surface area contributed by atoms with Crippen molar-refractivity contribution in [3.05, 3.63) is 29.6 Å². The Morgan fingerprint density at radius 1 is 1.32 bits per heavy atom. The molecule has 0 unspecified atom stereocenters. The van der Waals surface area contributed by atoms with Gasteiger partial charge in [-0.2, -0.15) is 0 Å². The van der Waals surface area contributed by atoms with Crippen LogP contribution in [-0.2, 0) is 0 Å². The van der Waals surface area contributed by atoms with Gasteiger partial charge in [0.25, 0.3) is 0 Å². The Hall–Kier alpha value is -1.09. The smallest absolute Gasteiger partial charge is 0.165 e. The molecule has 1 saturated heterocycles. The Bertz CT molecular complexity index is 411. The fraction of sp³-hybridized carbons (Fsp3) is 0.625. The minimum absolute atomic E-state index is 0.153. The molecular weight excluding hydrogens is 241 g/mol. The van der Waals surface area contributed by atoms with Gasteiger partial charge >= 0.3 is 0 Å². The molecule has 1 aromatic carbocycles. The highest BCUT2D eigenvalue weighted by atomic mass is 19.1. The quantitative estimate of drug-likeness (QED) is 0.824. The molecule has 0 radical (unpaired) electrons. The predicted octanol–water partition coefficient (Wildman–Crippen LogP) is 3.63. The number of piperidine rings is 1. The van der Waals surface area contributed by atoms with E-state index in [-0.39, 0.29) is 11.9 Å². The Morgan fingerprint density at radius 3 is 2.58 bits per heavy atom. The summed E-state index contributed by atoms with van der Waals surface area (Å²) in [5.41, 5.74) is 0.927. The summed E-state index contributed by atoms with van der Waals surface area (Å²) in [4.78, 5) is 2.47. The standard InChI is InChI=1S/C16H24FNO/c1-12(2)11-18-8-6-14(7-9-18)19-16-5-4-13(3)10-15(16)17/h4-5,10,12,14H,6-9,11H2,1-3H3. The summed E-state index contributed by atoms with van der Waals surface area (Å²) in [6, 6.07) is 5.17. The zero-order valence-electron chi connectivity index (χ0n) is 12.2. The fourth-order valence-corrected chi connectivity index (χ4v) is 2.61. The molecule has 0 atom stereocenters. The van der Waals surface area contributed by atoms with Gasteiger partial charge in [0.1, 0.15) is 6.10 Å². The van der Waals surface area contributed by atoms with Crippen molar-refractivity contribution in [3.8, 4) is 5.75 Å². The van der Waals surface area contributed by atoms with Crippen molar-refractivity contribution >= 4 is 0 Å². The average molecular weight is 265 g/mol. The van der Waals surface area contributed by atoms with Crippen LogP contribution in [0.25, 0.3) is 0 Å². The van der Waals surface area contributed by atoms with Crippen LogP contribution in [0.4, 0.5) is 4.39 Å². The Morgan fingerprint density at radius 2 is 2.00 bits per heavy atom. The molecule has 2 nitrogen and oxygen atoms in total. The summed E-state index contributed by atoms with van der Waals surface area (Å²) in [6.07, 6.45) is 2.13. The van der Waals surface area contributed by atoms with E-state index >= 15 is 0 Å². The Kier molecular flexibility index (Phi) is 4.81. The largest absolute Gasteiger partial charge is 0.487 e. The molecule has 1 aliphatic heterocycles. The van der Waals surface area contributed by atoms with E-state index in [1.54, 1.807) is 6.07 Å². The molecule has 106 valence electrons. The van der Waals surface area contributed by atoms with E-state index in [0.717, 1.165) is 38.0 Å². The highest BCUT2D eigenvalue weighted by molar-refractivity contribution is 5.28. The van der Waals surface area contributed by atoms with E-state index in [4.69, 9.17) is 4.74 Å². The zero-order chi connectivity index (χ0) is 13.8. The summed E-state index contributed by atoms with van der Waals surface area (Å²) in [6.45, 7) is 9.62. The van der Waals surface area contributed by atoms with Crippen molar-refractivity contribution in [2.45, 2.75) is 39.7 Å². The number of likely N-dealkylation sites (tertiary alicyclic amines) is 1. The van der Waals surface area contributed by atoms with Gasteiger partial charge in [0, 0.05) is 19.6 Å². The number of aryl methyl sites for hydroxylation is 1. The summed E-state index contributed by atoms with van der Waals surface area (Å²) in [5.74, 6) is 0.851. The Labute approximate surface area is 115 Å². The van der Waals surface area contributed by atoms with Crippen LogP contribution in [0.15, 0.2) is 18.2 Å². The van der Waals surface area contributed by atoms with Crippen molar-refractivity contribution in [1.29, 1.82) is 0 Å². The lowest BCUT2D eigenvalue weighted by Crippen LogP contribution is -2.40. The first-order valence-corrected chi connectivity index (χ1v) is 7.19. The Balaban J connectivity index is 1.85. The molecule has 0 N–H and O–H groups in total. The number of nitrogens with zero attached hydrogens (tertiary/aromatic N) is 1. The van der Waals surface area contributed by atoms with Gasteiger partial charge in [-0.15, -0.1) is 0 Å². The summed E-state index contributed by atoms with van der Waals surface area (Å²) in [7, 11) is 0. The monoisotopic (exact) mass is 265 g/mol. The van der Waals surface area contributed by atoms with Crippen molar-refractivity contribution in [1.82, 2.24) is 4.90 Å². The van der Waals surface area contributed by atoms with E-state index in [0.29, 0.717) is 11.7 Å². The van der Waals surface area contributed by atoms with E-state index in [9.17, 15) is 4.39 Å². The third-order valence-corrected chi connectivity index (χ3v) is 3.54. The summed E-state index contributed by atoms with van der Waals surface area (Å²) in [5, 5.41) is 0. The van der Waals surface area contributed by atoms with Crippen LogP contribution in [0, 0.1) is 18.7 Å². The third kappa shape index (κ3) is 4.20. The van der Waals surface area contributed by atoms with Crippen molar-refractivity contribution in [2.75, 3.05) is 19.6 Å². The number of halogens is 1. The van der Waals surface area contributed by atoms with Gasteiger partial charge in [-0.1, -0.05) is 19.9 Å². The molecule has 1 fully saturated rings. The molecule has 19 heavy (non-hydrogen) atoms. The number of ether oxygens (including phenoxy) is 1. The molecule has 1 aliphatic rings. The lowest BCUT2D eigenvalue weighted by atomic mass is 10.1. The summed E-state index contributed by atoms with van der Waals surface area (Å²) >= 11 is 0. The molecule has 0 aromatic heterocycles. The van der Waals surface area contributed by atoms with Gasteiger partial charge < -0.3 is 9.64 Å². The molecule has 1 aromatic rings. The minimum Gasteiger partial charge on any atom is -0.487 e. The van der Waals surface area contributed by atoms with Crippen LogP contribution < -0.4 is 4.74 Å². The lowest BCUT2D eigenvalue weighted by molar-refractivity contribution is 0.0910. The van der Waals surface area contributed by atoms with E-state index in [1.807, 2.05) is 13.0 Å². The topological polar surface area (TPSA) is 12.5 Å². The SMILES string of the molecule is Cc1ccc(OC2CCN(CC(C)C)CC2)c(F)c1. The van der Waals surface area contributed by atoms with Gasteiger partial charge in [-0.3, -0.25) is 0 Å². The fourth-order valence-electron chi connectivity index (χ4n) is 2.61. The second kappa shape index (κ2) is 6.38. The van der Waals surface area contributed by atoms with Crippen LogP contribution in [0.2, 0.25) is 0 Å². The van der Waals surface area contributed by atoms with Gasteiger partial charge in [-0.25, -0.2) is 4.39 Å². The minimum atomic E-state index is -0.246. The molecular formula is C16H24FNO. The number of benzene rings is 1. The highest BCUT2D eigenvalue weighted by Crippen LogP contribution is 2.23. The van der Waals surface area contributed by atoms with Crippen LogP contribution >= 0.6 is 0 Å². The number of hydrogen-bond acceptors (Lipinski definition) is 2. The van der Waals surface area contributed by atoms with Crippen LogP contribution in [0.3, 0.4) is 0 Å². The van der Waals surface area contributed by atoms with Crippen LogP contribution in [0.5, 0.6) is 5.75 Å². The maximum Gasteiger partial charge on any atom is 0.165 e. The molecule has 2 rings (SSSR count). The van der Waals surface area contributed by atoms with Crippen molar-refractivity contribution < 1.29 is 9.13 Å². The normalized spacial score (nSPS) is 17.9. The second-order valence-corrected chi connectivity index (χ2v) is 5.95. The number of rotatable bonds is 4. The van der Waals surface area contributed by atoms with E-state index in [2.05, 4.69) is 18.7 Å². The van der Waals surface area contributed by atoms with Gasteiger partial charge in [0.15, 0.2) is 11.6 Å². The first-order valence-electron chi connectivity index (χ1n) is 7.19. The molecule has 0 spiro atoms. The molecule has 3 heteroatoms. The van der Waals surface area contributed by atoms with Gasteiger partial charge in [0.2, 0.25) is 0 Å². The van der Waals surface area contributed by atoms with Crippen molar-refractivity contribution in [2.24, 2.45) is 5.92 Å². The molecule has 0 saturated carbocycles. The first kappa shape index (κ1) is 14.3. The predicted molar refractivity (Wildman–Crippen MR) is 76.1 cm³/mol. The third-order valence-electron chi connectivity index (χ3n) is 3.54. The van der Waals surface area contributed by atoms with Crippen molar-refractivity contribution in [3.63, 3.8) is 0 Å². The van der Waals surface area contributed by atoms with Gasteiger partial charge in [-0.05, 0) is 43.4 Å². The second-order valence-electron chi connectivity index (χ2n) is 5.95. The van der Waals surface area contributed by atoms with E-state index < -0.39 is 0 Å². The van der Waals surface area contributed by atoms with Crippen LogP contribution in [-0.4, -0.2) is 30.6 Å².